The zero-order valence-corrected chi connectivity index (χ0v) is 9.36. The van der Waals surface area contributed by atoms with E-state index in [4.69, 9.17) is 14.7 Å². The molecule has 0 radical (unpaired) electrons. The van der Waals surface area contributed by atoms with Crippen molar-refractivity contribution in [3.63, 3.8) is 0 Å². The predicted octanol–water partition coefficient (Wildman–Crippen LogP) is 1.61. The first-order valence-corrected chi connectivity index (χ1v) is 8.30. The van der Waals surface area contributed by atoms with Gasteiger partial charge in [0.2, 0.25) is 0 Å². The molecule has 8 heteroatoms. The molecule has 3 N–H and O–H groups in total. The van der Waals surface area contributed by atoms with Crippen LogP contribution in [0, 0.1) is 0 Å². The van der Waals surface area contributed by atoms with E-state index in [1.54, 1.807) is 0 Å². The molecule has 1 unspecified atom stereocenters. The van der Waals surface area contributed by atoms with Crippen molar-refractivity contribution in [3.05, 3.63) is 0 Å². The lowest BCUT2D eigenvalue weighted by atomic mass is 9.98. The third kappa shape index (κ3) is 3.16. The molecule has 1 saturated carbocycles. The van der Waals surface area contributed by atoms with Crippen molar-refractivity contribution >= 4 is 14.6 Å². The van der Waals surface area contributed by atoms with E-state index in [-0.39, 0.29) is 0 Å². The normalized spacial score (nSPS) is 24.5. The Bertz CT molecular complexity index is 278. The predicted molar refractivity (Wildman–Crippen MR) is 49.8 cm³/mol. The van der Waals surface area contributed by atoms with Gasteiger partial charge in [0.05, 0.1) is 6.10 Å². The summed E-state index contributed by atoms with van der Waals surface area (Å²) >= 11 is 0. The summed E-state index contributed by atoms with van der Waals surface area (Å²) < 4.78 is 26.2. The largest absolute Gasteiger partial charge is 0.438 e. The van der Waals surface area contributed by atoms with Crippen molar-refractivity contribution in [2.45, 2.75) is 38.2 Å². The van der Waals surface area contributed by atoms with Crippen LogP contribution in [0.1, 0.15) is 32.1 Å². The average Bonchev–Trinajstić information content (AvgIpc) is 2.03. The topological polar surface area (TPSA) is 104 Å². The Balaban J connectivity index is 2.58. The van der Waals surface area contributed by atoms with Gasteiger partial charge in [-0.25, -0.2) is 9.13 Å². The van der Waals surface area contributed by atoms with E-state index >= 15 is 0 Å². The first kappa shape index (κ1) is 12.4. The van der Waals surface area contributed by atoms with Gasteiger partial charge in [0.25, 0.3) is 0 Å². The second-order valence-corrected chi connectivity index (χ2v) is 8.67. The molecule has 1 fully saturated rings. The van der Waals surface area contributed by atoms with Gasteiger partial charge in [-0.15, -0.1) is 0 Å². The molecule has 0 saturated heterocycles. The van der Waals surface area contributed by atoms with Gasteiger partial charge >= 0.3 is 14.6 Å². The standard InChI is InChI=1S/C6H14O6P2/c7-13(8,9)14(10,11)12-6-4-2-1-3-5-6/h6H,1-5H2,(H,10,11)(H2,7,8,9). The van der Waals surface area contributed by atoms with Crippen LogP contribution in [0.4, 0.5) is 0 Å². The van der Waals surface area contributed by atoms with Gasteiger partial charge in [-0.05, 0) is 12.8 Å². The summed E-state index contributed by atoms with van der Waals surface area (Å²) in [4.78, 5) is 26.1. The molecule has 0 heterocycles. The second-order valence-electron chi connectivity index (χ2n) is 3.37. The van der Waals surface area contributed by atoms with Crippen LogP contribution in [0.5, 0.6) is 0 Å². The highest BCUT2D eigenvalue weighted by atomic mass is 32.1. The van der Waals surface area contributed by atoms with Crippen LogP contribution in [-0.4, -0.2) is 20.8 Å². The molecule has 84 valence electrons. The highest BCUT2D eigenvalue weighted by molar-refractivity contribution is 8.26. The van der Waals surface area contributed by atoms with Gasteiger partial charge < -0.3 is 14.7 Å². The number of hydrogen-bond donors (Lipinski definition) is 3. The Hall–Kier alpha value is 0.300. The van der Waals surface area contributed by atoms with Gasteiger partial charge in [0.1, 0.15) is 0 Å². The maximum absolute atomic E-state index is 11.1. The summed E-state index contributed by atoms with van der Waals surface area (Å²) in [5.74, 6) is 0. The van der Waals surface area contributed by atoms with Crippen molar-refractivity contribution in [3.8, 4) is 0 Å². The summed E-state index contributed by atoms with van der Waals surface area (Å²) in [7, 11) is -9.82. The second kappa shape index (κ2) is 4.44. The Morgan fingerprint density at radius 1 is 1.00 bits per heavy atom. The molecule has 0 aromatic heterocycles. The number of hydrogen-bond acceptors (Lipinski definition) is 3. The van der Waals surface area contributed by atoms with Crippen molar-refractivity contribution in [1.82, 2.24) is 0 Å². The Morgan fingerprint density at radius 3 is 1.93 bits per heavy atom. The van der Waals surface area contributed by atoms with Crippen molar-refractivity contribution < 1.29 is 28.3 Å². The summed E-state index contributed by atoms with van der Waals surface area (Å²) in [6, 6.07) is 0. The van der Waals surface area contributed by atoms with Crippen LogP contribution in [-0.2, 0) is 13.7 Å². The molecule has 0 amide bonds. The Kier molecular flexibility index (Phi) is 3.92. The van der Waals surface area contributed by atoms with E-state index in [0.717, 1.165) is 19.3 Å². The smallest absolute Gasteiger partial charge is 0.316 e. The van der Waals surface area contributed by atoms with Crippen molar-refractivity contribution in [2.24, 2.45) is 0 Å². The van der Waals surface area contributed by atoms with Crippen molar-refractivity contribution in [2.75, 3.05) is 0 Å². The quantitative estimate of drug-likeness (QED) is 0.651. The van der Waals surface area contributed by atoms with Gasteiger partial charge in [0, 0.05) is 0 Å². The van der Waals surface area contributed by atoms with Crippen molar-refractivity contribution in [1.29, 1.82) is 0 Å². The molecule has 0 aliphatic heterocycles. The third-order valence-electron chi connectivity index (χ3n) is 2.17. The molecule has 1 rings (SSSR count). The third-order valence-corrected chi connectivity index (χ3v) is 5.66. The molecule has 0 aromatic carbocycles. The molecule has 0 spiro atoms. The molecule has 6 nitrogen and oxygen atoms in total. The maximum Gasteiger partial charge on any atom is 0.438 e. The SMILES string of the molecule is O=P(O)(O)P(=O)(O)OC1CCCCC1. The Morgan fingerprint density at radius 2 is 1.50 bits per heavy atom. The number of rotatable bonds is 3. The summed E-state index contributed by atoms with van der Waals surface area (Å²) in [6.07, 6.45) is 3.45. The Labute approximate surface area is 81.9 Å². The van der Waals surface area contributed by atoms with E-state index in [1.165, 1.54) is 0 Å². The summed E-state index contributed by atoms with van der Waals surface area (Å²) in [6.45, 7) is 0. The van der Waals surface area contributed by atoms with E-state index in [2.05, 4.69) is 4.52 Å². The van der Waals surface area contributed by atoms with Crippen LogP contribution in [0.2, 0.25) is 0 Å². The molecule has 1 atom stereocenters. The van der Waals surface area contributed by atoms with Gasteiger partial charge in [-0.1, -0.05) is 19.3 Å². The summed E-state index contributed by atoms with van der Waals surface area (Å²) in [5, 5.41) is 0. The fourth-order valence-corrected chi connectivity index (χ4v) is 2.92. The van der Waals surface area contributed by atoms with E-state index < -0.39 is 20.7 Å². The first-order chi connectivity index (χ1) is 6.33. The van der Waals surface area contributed by atoms with Crippen LogP contribution in [0.15, 0.2) is 0 Å². The van der Waals surface area contributed by atoms with Gasteiger partial charge in [-0.3, -0.25) is 4.52 Å². The molecule has 14 heavy (non-hydrogen) atoms. The lowest BCUT2D eigenvalue weighted by Crippen LogP contribution is -2.15. The van der Waals surface area contributed by atoms with Crippen LogP contribution in [0.25, 0.3) is 0 Å². The van der Waals surface area contributed by atoms with Crippen LogP contribution in [0.3, 0.4) is 0 Å². The molecule has 0 aromatic rings. The molecular formula is C6H14O6P2. The van der Waals surface area contributed by atoms with E-state index in [0.29, 0.717) is 12.8 Å². The van der Waals surface area contributed by atoms with Crippen LogP contribution < -0.4 is 0 Å². The average molecular weight is 244 g/mol. The minimum atomic E-state index is -5.05. The lowest BCUT2D eigenvalue weighted by Gasteiger charge is -2.24. The maximum atomic E-state index is 11.1. The minimum absolute atomic E-state index is 0.493. The zero-order chi connectivity index (χ0) is 10.8. The van der Waals surface area contributed by atoms with Gasteiger partial charge in [-0.2, -0.15) is 0 Å². The zero-order valence-electron chi connectivity index (χ0n) is 7.57. The molecule has 0 bridgehead atoms. The molecule has 1 aliphatic rings. The monoisotopic (exact) mass is 244 g/mol. The fourth-order valence-electron chi connectivity index (χ4n) is 1.43. The summed E-state index contributed by atoms with van der Waals surface area (Å²) in [5.41, 5.74) is 0. The van der Waals surface area contributed by atoms with E-state index in [9.17, 15) is 9.13 Å². The fraction of sp³-hybridized carbons (Fsp3) is 1.00. The molecule has 1 aliphatic carbocycles. The minimum Gasteiger partial charge on any atom is -0.316 e. The highest BCUT2D eigenvalue weighted by Gasteiger charge is 2.44. The lowest BCUT2D eigenvalue weighted by molar-refractivity contribution is 0.138. The van der Waals surface area contributed by atoms with Gasteiger partial charge in [0.15, 0.2) is 0 Å². The van der Waals surface area contributed by atoms with E-state index in [1.807, 2.05) is 0 Å². The molecular weight excluding hydrogens is 230 g/mol. The first-order valence-electron chi connectivity index (χ1n) is 4.40. The highest BCUT2D eigenvalue weighted by Crippen LogP contribution is 2.75. The van der Waals surface area contributed by atoms with Crippen LogP contribution >= 0.6 is 14.6 Å².